The Morgan fingerprint density at radius 3 is 2.83 bits per heavy atom. The number of hydrogen-bond donors (Lipinski definition) is 0. The van der Waals surface area contributed by atoms with Crippen LogP contribution >= 0.6 is 22.6 Å². The van der Waals surface area contributed by atoms with Gasteiger partial charge in [-0.3, -0.25) is 0 Å². The second kappa shape index (κ2) is 2.69. The van der Waals surface area contributed by atoms with Gasteiger partial charge in [0, 0.05) is 0 Å². The van der Waals surface area contributed by atoms with E-state index in [1.807, 2.05) is 30.5 Å². The Bertz CT molecular complexity index is 433. The van der Waals surface area contributed by atoms with Crippen molar-refractivity contribution >= 4 is 28.2 Å². The van der Waals surface area contributed by atoms with E-state index in [0.717, 1.165) is 20.7 Å². The minimum atomic E-state index is 0.922. The maximum absolute atomic E-state index is 4.35. The standard InChI is InChI=1S/C8H8IN3/c1-5-6(2)12-8(10-5)4-3-7(9)11-12/h3-4H,1-2H3. The average Bonchev–Trinajstić information content (AvgIpc) is 2.31. The van der Waals surface area contributed by atoms with Crippen molar-refractivity contribution in [3.63, 3.8) is 0 Å². The first-order chi connectivity index (χ1) is 5.68. The van der Waals surface area contributed by atoms with Crippen LogP contribution in [0.15, 0.2) is 12.1 Å². The van der Waals surface area contributed by atoms with E-state index in [0.29, 0.717) is 0 Å². The molecule has 0 amide bonds. The number of aryl methyl sites for hydroxylation is 2. The van der Waals surface area contributed by atoms with Crippen molar-refractivity contribution in [2.45, 2.75) is 13.8 Å². The van der Waals surface area contributed by atoms with Crippen molar-refractivity contribution < 1.29 is 0 Å². The van der Waals surface area contributed by atoms with Crippen molar-refractivity contribution in [2.75, 3.05) is 0 Å². The number of fused-ring (bicyclic) bond motifs is 1. The van der Waals surface area contributed by atoms with E-state index >= 15 is 0 Å². The Labute approximate surface area is 83.9 Å². The lowest BCUT2D eigenvalue weighted by Gasteiger charge is -1.94. The third-order valence-corrected chi connectivity index (χ3v) is 2.48. The molecule has 0 radical (unpaired) electrons. The monoisotopic (exact) mass is 273 g/mol. The summed E-state index contributed by atoms with van der Waals surface area (Å²) in [6, 6.07) is 3.94. The highest BCUT2D eigenvalue weighted by Gasteiger charge is 2.04. The molecule has 0 spiro atoms. The van der Waals surface area contributed by atoms with Crippen LogP contribution in [0.2, 0.25) is 0 Å². The summed E-state index contributed by atoms with van der Waals surface area (Å²) in [7, 11) is 0. The predicted molar refractivity (Wildman–Crippen MR) is 55.2 cm³/mol. The van der Waals surface area contributed by atoms with E-state index in [1.54, 1.807) is 0 Å². The third kappa shape index (κ3) is 1.10. The fraction of sp³-hybridized carbons (Fsp3) is 0.250. The highest BCUT2D eigenvalue weighted by molar-refractivity contribution is 14.1. The lowest BCUT2D eigenvalue weighted by atomic mass is 10.4. The summed E-state index contributed by atoms with van der Waals surface area (Å²) in [5.74, 6) is 0. The first-order valence-corrected chi connectivity index (χ1v) is 4.75. The van der Waals surface area contributed by atoms with Gasteiger partial charge in [-0.15, -0.1) is 0 Å². The summed E-state index contributed by atoms with van der Waals surface area (Å²) < 4.78 is 2.86. The van der Waals surface area contributed by atoms with E-state index in [-0.39, 0.29) is 0 Å². The Hall–Kier alpha value is -0.650. The molecule has 12 heavy (non-hydrogen) atoms. The summed E-state index contributed by atoms with van der Waals surface area (Å²) in [4.78, 5) is 4.35. The van der Waals surface area contributed by atoms with Gasteiger partial charge in [-0.05, 0) is 48.6 Å². The number of aromatic nitrogens is 3. The molecule has 0 fully saturated rings. The van der Waals surface area contributed by atoms with Crippen molar-refractivity contribution in [1.29, 1.82) is 0 Å². The Balaban J connectivity index is 2.88. The minimum Gasteiger partial charge on any atom is -0.232 e. The Morgan fingerprint density at radius 2 is 2.08 bits per heavy atom. The number of hydrogen-bond acceptors (Lipinski definition) is 2. The molecule has 0 atom stereocenters. The van der Waals surface area contributed by atoms with E-state index in [1.165, 1.54) is 0 Å². The largest absolute Gasteiger partial charge is 0.232 e. The molecule has 0 bridgehead atoms. The zero-order valence-electron chi connectivity index (χ0n) is 6.87. The fourth-order valence-electron chi connectivity index (χ4n) is 1.13. The lowest BCUT2D eigenvalue weighted by molar-refractivity contribution is 0.877. The van der Waals surface area contributed by atoms with Crippen LogP contribution in [0.25, 0.3) is 5.65 Å². The number of nitrogens with zero attached hydrogens (tertiary/aromatic N) is 3. The number of halogens is 1. The van der Waals surface area contributed by atoms with Crippen molar-refractivity contribution in [3.05, 3.63) is 27.2 Å². The molecule has 2 heterocycles. The molecule has 4 heteroatoms. The zero-order chi connectivity index (χ0) is 8.72. The third-order valence-electron chi connectivity index (χ3n) is 1.91. The van der Waals surface area contributed by atoms with Gasteiger partial charge in [0.1, 0.15) is 3.70 Å². The van der Waals surface area contributed by atoms with Gasteiger partial charge in [-0.2, -0.15) is 5.10 Å². The number of imidazole rings is 1. The molecule has 0 aliphatic heterocycles. The maximum Gasteiger partial charge on any atom is 0.154 e. The van der Waals surface area contributed by atoms with Gasteiger partial charge < -0.3 is 0 Å². The summed E-state index contributed by atoms with van der Waals surface area (Å²) >= 11 is 2.19. The van der Waals surface area contributed by atoms with Crippen molar-refractivity contribution in [3.8, 4) is 0 Å². The molecule has 0 saturated carbocycles. The van der Waals surface area contributed by atoms with E-state index in [4.69, 9.17) is 0 Å². The highest BCUT2D eigenvalue weighted by Crippen LogP contribution is 2.10. The molecule has 62 valence electrons. The molecule has 2 aromatic rings. The minimum absolute atomic E-state index is 0.922. The van der Waals surface area contributed by atoms with Gasteiger partial charge in [0.25, 0.3) is 0 Å². The zero-order valence-corrected chi connectivity index (χ0v) is 9.03. The average molecular weight is 273 g/mol. The van der Waals surface area contributed by atoms with E-state index < -0.39 is 0 Å². The van der Waals surface area contributed by atoms with Gasteiger partial charge in [-0.25, -0.2) is 9.50 Å². The van der Waals surface area contributed by atoms with E-state index in [2.05, 4.69) is 32.7 Å². The molecular formula is C8H8IN3. The van der Waals surface area contributed by atoms with Crippen LogP contribution in [-0.4, -0.2) is 14.6 Å². The lowest BCUT2D eigenvalue weighted by Crippen LogP contribution is -1.95. The molecule has 3 nitrogen and oxygen atoms in total. The van der Waals surface area contributed by atoms with E-state index in [9.17, 15) is 0 Å². The van der Waals surface area contributed by atoms with Crippen LogP contribution in [0.3, 0.4) is 0 Å². The second-order valence-corrected chi connectivity index (χ2v) is 3.81. The molecule has 0 N–H and O–H groups in total. The first-order valence-electron chi connectivity index (χ1n) is 3.67. The second-order valence-electron chi connectivity index (χ2n) is 2.71. The molecule has 0 unspecified atom stereocenters. The smallest absolute Gasteiger partial charge is 0.154 e. The number of rotatable bonds is 0. The van der Waals surface area contributed by atoms with Crippen LogP contribution in [0.4, 0.5) is 0 Å². The first kappa shape index (κ1) is 7.97. The van der Waals surface area contributed by atoms with Crippen LogP contribution < -0.4 is 0 Å². The van der Waals surface area contributed by atoms with Gasteiger partial charge in [0.2, 0.25) is 0 Å². The summed E-state index contributed by atoms with van der Waals surface area (Å²) in [5.41, 5.74) is 3.08. The van der Waals surface area contributed by atoms with Crippen LogP contribution in [0.1, 0.15) is 11.4 Å². The molecule has 0 saturated heterocycles. The van der Waals surface area contributed by atoms with Crippen molar-refractivity contribution in [2.24, 2.45) is 0 Å². The SMILES string of the molecule is Cc1nc2ccc(I)nn2c1C. The topological polar surface area (TPSA) is 30.2 Å². The van der Waals surface area contributed by atoms with Gasteiger partial charge in [0.15, 0.2) is 5.65 Å². The quantitative estimate of drug-likeness (QED) is 0.687. The molecule has 0 aliphatic rings. The molecular weight excluding hydrogens is 265 g/mol. The highest BCUT2D eigenvalue weighted by atomic mass is 127. The maximum atomic E-state index is 4.35. The summed E-state index contributed by atoms with van der Waals surface area (Å²) in [6.45, 7) is 4.02. The van der Waals surface area contributed by atoms with Crippen LogP contribution in [-0.2, 0) is 0 Å². The van der Waals surface area contributed by atoms with Gasteiger partial charge in [-0.1, -0.05) is 0 Å². The predicted octanol–water partition coefficient (Wildman–Crippen LogP) is 1.95. The Morgan fingerprint density at radius 1 is 1.33 bits per heavy atom. The molecule has 0 aliphatic carbocycles. The molecule has 2 rings (SSSR count). The Kier molecular flexibility index (Phi) is 1.79. The van der Waals surface area contributed by atoms with Gasteiger partial charge in [0.05, 0.1) is 11.4 Å². The van der Waals surface area contributed by atoms with Crippen LogP contribution in [0, 0.1) is 17.5 Å². The molecule has 0 aromatic carbocycles. The van der Waals surface area contributed by atoms with Crippen molar-refractivity contribution in [1.82, 2.24) is 14.6 Å². The summed E-state index contributed by atoms with van der Waals surface area (Å²) in [5, 5.41) is 4.34. The van der Waals surface area contributed by atoms with Crippen LogP contribution in [0.5, 0.6) is 0 Å². The van der Waals surface area contributed by atoms with Gasteiger partial charge >= 0.3 is 0 Å². The normalized spacial score (nSPS) is 10.9. The fourth-order valence-corrected chi connectivity index (χ4v) is 1.53. The summed E-state index contributed by atoms with van der Waals surface area (Å²) in [6.07, 6.45) is 0. The molecule has 2 aromatic heterocycles.